The summed E-state index contributed by atoms with van der Waals surface area (Å²) in [5, 5.41) is 0. The first-order chi connectivity index (χ1) is 10.7. The molecule has 0 aromatic rings. The Bertz CT molecular complexity index is 380. The van der Waals surface area contributed by atoms with Gasteiger partial charge in [0.15, 0.2) is 0 Å². The average Bonchev–Trinajstić information content (AvgIpc) is 2.47. The minimum atomic E-state index is -4.22. The Morgan fingerprint density at radius 2 is 1.12 bits per heavy atom. The van der Waals surface area contributed by atoms with Gasteiger partial charge in [-0.3, -0.25) is 0 Å². The number of hydrogen-bond donors (Lipinski definition) is 1. The topological polar surface area (TPSA) is 93.7 Å². The fourth-order valence-corrected chi connectivity index (χ4v) is 3.50. The highest BCUT2D eigenvalue weighted by Gasteiger charge is 2.32. The number of hydrogen-bond acceptors (Lipinski definition) is 3. The fraction of sp³-hybridized carbons (Fsp3) is 1.00. The molecule has 0 saturated carbocycles. The van der Waals surface area contributed by atoms with E-state index >= 15 is 0 Å². The summed E-state index contributed by atoms with van der Waals surface area (Å²) in [6, 6.07) is 0. The van der Waals surface area contributed by atoms with E-state index in [9.17, 15) is 13.0 Å². The molecule has 0 aliphatic carbocycles. The third kappa shape index (κ3) is 11.4. The van der Waals surface area contributed by atoms with Crippen molar-refractivity contribution in [3.05, 3.63) is 0 Å². The van der Waals surface area contributed by atoms with E-state index in [-0.39, 0.29) is 12.1 Å². The third-order valence-electron chi connectivity index (χ3n) is 5.32. The maximum absolute atomic E-state index is 11.3. The summed E-state index contributed by atoms with van der Waals surface area (Å²) in [5.74, 6) is -0.0758. The third-order valence-corrected chi connectivity index (χ3v) is 7.01. The highest BCUT2D eigenvalue weighted by Crippen LogP contribution is 2.29. The first-order valence-corrected chi connectivity index (χ1v) is 11.1. The molecule has 0 aromatic heterocycles. The molecule has 0 bridgehead atoms. The standard InChI is InChI=1S/C19H40O3S.H3N/c1-5-6-7-8-9-10-11-12-13-14-15-16-17-18(2)19(3,4)23(20,21)22;/h18H,5-17H2,1-4H3,(H,20,21,22);1H3. The Morgan fingerprint density at radius 3 is 1.46 bits per heavy atom. The largest absolute Gasteiger partial charge is 0.748 e. The molecule has 0 heterocycles. The van der Waals surface area contributed by atoms with Crippen LogP contribution in [0.1, 0.15) is 111 Å². The van der Waals surface area contributed by atoms with Crippen LogP contribution in [0.5, 0.6) is 0 Å². The molecule has 0 radical (unpaired) electrons. The molecule has 1 atom stereocenters. The molecule has 0 spiro atoms. The van der Waals surface area contributed by atoms with Crippen LogP contribution in [-0.4, -0.2) is 17.7 Å². The lowest BCUT2D eigenvalue weighted by Gasteiger charge is -2.34. The normalized spacial score (nSPS) is 13.5. The Labute approximate surface area is 151 Å². The van der Waals surface area contributed by atoms with Gasteiger partial charge in [0.2, 0.25) is 0 Å². The van der Waals surface area contributed by atoms with Crippen molar-refractivity contribution in [2.45, 2.75) is 116 Å². The maximum Gasteiger partial charge on any atom is 0.100 e. The van der Waals surface area contributed by atoms with Gasteiger partial charge in [-0.25, -0.2) is 8.42 Å². The van der Waals surface area contributed by atoms with Crippen LogP contribution in [-0.2, 0) is 10.1 Å². The van der Waals surface area contributed by atoms with Crippen LogP contribution < -0.4 is 6.15 Å². The van der Waals surface area contributed by atoms with E-state index in [1.807, 2.05) is 6.92 Å². The van der Waals surface area contributed by atoms with Gasteiger partial charge in [-0.2, -0.15) is 0 Å². The SMILES string of the molecule is CCCCCCCCCCCCCCC(C)C(C)(C)S(=O)(=O)[O-].[NH4+]. The quantitative estimate of drug-likeness (QED) is 0.268. The second-order valence-electron chi connectivity index (χ2n) is 7.64. The van der Waals surface area contributed by atoms with E-state index in [0.29, 0.717) is 0 Å². The van der Waals surface area contributed by atoms with Crippen molar-refractivity contribution in [1.29, 1.82) is 0 Å². The van der Waals surface area contributed by atoms with E-state index in [1.165, 1.54) is 64.2 Å². The van der Waals surface area contributed by atoms with Gasteiger partial charge in [0, 0.05) is 0 Å². The van der Waals surface area contributed by atoms with Crippen LogP contribution >= 0.6 is 0 Å². The molecule has 24 heavy (non-hydrogen) atoms. The van der Waals surface area contributed by atoms with Gasteiger partial charge < -0.3 is 10.7 Å². The van der Waals surface area contributed by atoms with E-state index < -0.39 is 14.9 Å². The molecule has 1 unspecified atom stereocenters. The van der Waals surface area contributed by atoms with Crippen molar-refractivity contribution in [2.24, 2.45) is 5.92 Å². The van der Waals surface area contributed by atoms with E-state index in [2.05, 4.69) is 6.92 Å². The van der Waals surface area contributed by atoms with Crippen LogP contribution in [0, 0.1) is 5.92 Å². The molecule has 0 amide bonds. The van der Waals surface area contributed by atoms with Gasteiger partial charge in [0.05, 0.1) is 4.75 Å². The highest BCUT2D eigenvalue weighted by atomic mass is 32.2. The highest BCUT2D eigenvalue weighted by molar-refractivity contribution is 7.87. The van der Waals surface area contributed by atoms with Crippen LogP contribution in [0.4, 0.5) is 0 Å². The van der Waals surface area contributed by atoms with Crippen LogP contribution in [0.25, 0.3) is 0 Å². The van der Waals surface area contributed by atoms with Crippen LogP contribution in [0.2, 0.25) is 0 Å². The van der Waals surface area contributed by atoms with Gasteiger partial charge in [0.1, 0.15) is 10.1 Å². The fourth-order valence-electron chi connectivity index (χ4n) is 2.89. The zero-order valence-electron chi connectivity index (χ0n) is 16.9. The predicted molar refractivity (Wildman–Crippen MR) is 105 cm³/mol. The van der Waals surface area contributed by atoms with E-state index in [1.54, 1.807) is 13.8 Å². The second-order valence-corrected chi connectivity index (χ2v) is 9.60. The lowest BCUT2D eigenvalue weighted by atomic mass is 9.91. The van der Waals surface area contributed by atoms with Crippen molar-refractivity contribution in [3.8, 4) is 0 Å². The molecule has 0 aliphatic rings. The molecule has 4 N–H and O–H groups in total. The summed E-state index contributed by atoms with van der Waals surface area (Å²) in [6.45, 7) is 7.25. The maximum atomic E-state index is 11.3. The van der Waals surface area contributed by atoms with Crippen LogP contribution in [0.3, 0.4) is 0 Å². The van der Waals surface area contributed by atoms with Gasteiger partial charge in [0.25, 0.3) is 0 Å². The summed E-state index contributed by atoms with van der Waals surface area (Å²) in [7, 11) is -4.22. The predicted octanol–water partition coefficient (Wildman–Crippen LogP) is 6.41. The Balaban J connectivity index is 0. The molecule has 4 nitrogen and oxygen atoms in total. The van der Waals surface area contributed by atoms with E-state index in [0.717, 1.165) is 19.3 Å². The first kappa shape index (κ1) is 26.1. The van der Waals surface area contributed by atoms with Crippen molar-refractivity contribution in [1.82, 2.24) is 6.15 Å². The number of unbranched alkanes of at least 4 members (excludes halogenated alkanes) is 11. The monoisotopic (exact) mass is 365 g/mol. The zero-order valence-corrected chi connectivity index (χ0v) is 17.7. The summed E-state index contributed by atoms with van der Waals surface area (Å²) >= 11 is 0. The van der Waals surface area contributed by atoms with Gasteiger partial charge in [-0.15, -0.1) is 0 Å². The Kier molecular flexibility index (Phi) is 15.3. The summed E-state index contributed by atoms with van der Waals surface area (Å²) in [6.07, 6.45) is 16.4. The van der Waals surface area contributed by atoms with Crippen molar-refractivity contribution < 1.29 is 13.0 Å². The lowest BCUT2D eigenvalue weighted by Crippen LogP contribution is -2.38. The minimum Gasteiger partial charge on any atom is -0.748 e. The van der Waals surface area contributed by atoms with Gasteiger partial charge in [-0.05, 0) is 26.2 Å². The average molecular weight is 366 g/mol. The summed E-state index contributed by atoms with van der Waals surface area (Å²) in [5.41, 5.74) is 0. The smallest absolute Gasteiger partial charge is 0.100 e. The molecule has 0 aliphatic heterocycles. The molecule has 148 valence electrons. The Morgan fingerprint density at radius 1 is 0.792 bits per heavy atom. The molecule has 0 saturated heterocycles. The van der Waals surface area contributed by atoms with Crippen molar-refractivity contribution >= 4 is 10.1 Å². The molecule has 0 aromatic carbocycles. The second kappa shape index (κ2) is 14.1. The number of rotatable bonds is 15. The summed E-state index contributed by atoms with van der Waals surface area (Å²) in [4.78, 5) is 0. The summed E-state index contributed by atoms with van der Waals surface area (Å²) < 4.78 is 32.6. The molecular formula is C19H43NO3S. The molecule has 5 heteroatoms. The van der Waals surface area contributed by atoms with Crippen molar-refractivity contribution in [2.75, 3.05) is 0 Å². The first-order valence-electron chi connectivity index (χ1n) is 9.69. The van der Waals surface area contributed by atoms with Gasteiger partial charge >= 0.3 is 0 Å². The van der Waals surface area contributed by atoms with Crippen LogP contribution in [0.15, 0.2) is 0 Å². The molecule has 0 fully saturated rings. The van der Waals surface area contributed by atoms with Gasteiger partial charge in [-0.1, -0.05) is 90.9 Å². The number of quaternary nitrogens is 1. The van der Waals surface area contributed by atoms with Crippen molar-refractivity contribution in [3.63, 3.8) is 0 Å². The zero-order chi connectivity index (χ0) is 17.8. The minimum absolute atomic E-state index is 0. The molecule has 0 rings (SSSR count). The lowest BCUT2D eigenvalue weighted by molar-refractivity contribution is 0.345. The van der Waals surface area contributed by atoms with E-state index in [4.69, 9.17) is 0 Å². The molecular weight excluding hydrogens is 322 g/mol. The Hall–Kier alpha value is -0.130.